The maximum Gasteiger partial charge on any atom is 0.318 e. The number of urea groups is 1. The molecule has 0 saturated carbocycles. The lowest BCUT2D eigenvalue weighted by atomic mass is 10.2. The van der Waals surface area contributed by atoms with Crippen molar-refractivity contribution >= 4 is 39.4 Å². The van der Waals surface area contributed by atoms with Crippen LogP contribution in [0.2, 0.25) is 5.02 Å². The fourth-order valence-corrected chi connectivity index (χ4v) is 2.39. The Labute approximate surface area is 152 Å². The summed E-state index contributed by atoms with van der Waals surface area (Å²) in [6.07, 6.45) is 0. The number of anilines is 1. The van der Waals surface area contributed by atoms with E-state index in [-0.39, 0.29) is 27.7 Å². The van der Waals surface area contributed by atoms with E-state index in [1.165, 1.54) is 20.0 Å². The first kappa shape index (κ1) is 25.4. The van der Waals surface area contributed by atoms with Crippen molar-refractivity contribution in [2.24, 2.45) is 0 Å². The van der Waals surface area contributed by atoms with Gasteiger partial charge in [0.2, 0.25) is 0 Å². The van der Waals surface area contributed by atoms with Crippen LogP contribution in [-0.2, 0) is 14.9 Å². The molecule has 144 valence electrons. The highest BCUT2D eigenvalue weighted by Crippen LogP contribution is 2.27. The number of likely N-dealkylation sites (N-methyl/N-ethyl adjacent to an activating group) is 1. The van der Waals surface area contributed by atoms with Crippen LogP contribution in [0, 0.1) is 6.92 Å². The molecule has 1 aromatic carbocycles. The minimum absolute atomic E-state index is 0.0417. The number of carboxylic acids is 1. The Morgan fingerprint density at radius 1 is 1.20 bits per heavy atom. The molecule has 0 aliphatic carbocycles. The number of benzene rings is 1. The van der Waals surface area contributed by atoms with E-state index in [0.29, 0.717) is 0 Å². The molecule has 0 aromatic heterocycles. The molecule has 1 aromatic rings. The summed E-state index contributed by atoms with van der Waals surface area (Å²) in [4.78, 5) is 20.3. The highest BCUT2D eigenvalue weighted by molar-refractivity contribution is 7.85. The van der Waals surface area contributed by atoms with E-state index in [4.69, 9.17) is 21.3 Å². The number of nitrogens with one attached hydrogen (secondary N) is 3. The maximum absolute atomic E-state index is 11.1. The standard InChI is InChI=1S/C9H11ClN2O4S.C3H7NO2.C2H6/c1-5-7(10)3-6(12-9(13)11-2)4-8(5)17(14,15)16;1-4-2-3(5)6;1-2/h3-4H,1-2H3,(H2,11,12,13)(H,14,15,16);4H,2H2,1H3,(H,5,6);1-2H3. The molecule has 0 aliphatic heterocycles. The van der Waals surface area contributed by atoms with Gasteiger partial charge in [0.25, 0.3) is 10.1 Å². The zero-order valence-corrected chi connectivity index (χ0v) is 16.2. The fourth-order valence-electron chi connectivity index (χ4n) is 1.34. The van der Waals surface area contributed by atoms with Gasteiger partial charge in [-0.2, -0.15) is 8.42 Å². The van der Waals surface area contributed by atoms with Crippen molar-refractivity contribution < 1.29 is 27.7 Å². The summed E-state index contributed by atoms with van der Waals surface area (Å²) < 4.78 is 31.2. The first-order chi connectivity index (χ1) is 11.5. The third-order valence-electron chi connectivity index (χ3n) is 2.39. The predicted molar refractivity (Wildman–Crippen MR) is 97.0 cm³/mol. The van der Waals surface area contributed by atoms with E-state index < -0.39 is 22.1 Å². The van der Waals surface area contributed by atoms with Gasteiger partial charge >= 0.3 is 12.0 Å². The zero-order valence-electron chi connectivity index (χ0n) is 14.7. The second-order valence-corrected chi connectivity index (χ2v) is 5.98. The van der Waals surface area contributed by atoms with Crippen LogP contribution in [0.3, 0.4) is 0 Å². The van der Waals surface area contributed by atoms with Crippen molar-refractivity contribution in [3.63, 3.8) is 0 Å². The average molecular weight is 398 g/mol. The van der Waals surface area contributed by atoms with Crippen LogP contribution in [0.1, 0.15) is 19.4 Å². The van der Waals surface area contributed by atoms with Crippen molar-refractivity contribution in [1.29, 1.82) is 0 Å². The molecule has 0 radical (unpaired) electrons. The van der Waals surface area contributed by atoms with E-state index in [1.807, 2.05) is 13.8 Å². The summed E-state index contributed by atoms with van der Waals surface area (Å²) in [7, 11) is -1.37. The number of aliphatic carboxylic acids is 1. The van der Waals surface area contributed by atoms with Crippen LogP contribution >= 0.6 is 11.6 Å². The third-order valence-corrected chi connectivity index (χ3v) is 3.76. The van der Waals surface area contributed by atoms with Crippen molar-refractivity contribution in [3.05, 3.63) is 22.7 Å². The van der Waals surface area contributed by atoms with E-state index >= 15 is 0 Å². The van der Waals surface area contributed by atoms with Crippen molar-refractivity contribution in [2.45, 2.75) is 25.7 Å². The van der Waals surface area contributed by atoms with E-state index in [1.54, 1.807) is 7.05 Å². The lowest BCUT2D eigenvalue weighted by molar-refractivity contribution is -0.135. The Bertz CT molecular complexity index is 679. The molecular weight excluding hydrogens is 374 g/mol. The van der Waals surface area contributed by atoms with Gasteiger partial charge in [0.15, 0.2) is 0 Å². The Balaban J connectivity index is 0. The van der Waals surface area contributed by atoms with E-state index in [9.17, 15) is 18.0 Å². The van der Waals surface area contributed by atoms with Gasteiger partial charge < -0.3 is 21.1 Å². The second-order valence-electron chi connectivity index (χ2n) is 4.18. The first-order valence-electron chi connectivity index (χ1n) is 7.15. The Kier molecular flexibility index (Phi) is 12.7. The molecule has 0 heterocycles. The topological polar surface area (TPSA) is 145 Å². The summed E-state index contributed by atoms with van der Waals surface area (Å²) in [5, 5.41) is 15.1. The van der Waals surface area contributed by atoms with Gasteiger partial charge in [-0.05, 0) is 31.7 Å². The number of carbonyl (C=O) groups excluding carboxylic acids is 1. The van der Waals surface area contributed by atoms with Gasteiger partial charge in [-0.3, -0.25) is 9.35 Å². The lowest BCUT2D eigenvalue weighted by Crippen LogP contribution is -2.24. The quantitative estimate of drug-likeness (QED) is 0.488. The number of carbonyl (C=O) groups is 2. The number of amides is 2. The van der Waals surface area contributed by atoms with Gasteiger partial charge in [0.1, 0.15) is 4.90 Å². The molecule has 0 atom stereocenters. The van der Waals surface area contributed by atoms with E-state index in [0.717, 1.165) is 6.07 Å². The Morgan fingerprint density at radius 3 is 2.04 bits per heavy atom. The third kappa shape index (κ3) is 10.6. The first-order valence-corrected chi connectivity index (χ1v) is 8.97. The molecule has 0 aliphatic rings. The average Bonchev–Trinajstić information content (AvgIpc) is 2.52. The number of hydrogen-bond donors (Lipinski definition) is 5. The molecule has 0 bridgehead atoms. The normalized spacial score (nSPS) is 9.72. The highest BCUT2D eigenvalue weighted by atomic mass is 35.5. The molecule has 25 heavy (non-hydrogen) atoms. The lowest BCUT2D eigenvalue weighted by Gasteiger charge is -2.09. The second kappa shape index (κ2) is 12.5. The minimum atomic E-state index is -4.38. The molecule has 0 unspecified atom stereocenters. The largest absolute Gasteiger partial charge is 0.480 e. The van der Waals surface area contributed by atoms with Gasteiger partial charge in [0.05, 0.1) is 6.54 Å². The smallest absolute Gasteiger partial charge is 0.318 e. The zero-order chi connectivity index (χ0) is 20.2. The van der Waals surface area contributed by atoms with Crippen LogP contribution in [0.5, 0.6) is 0 Å². The summed E-state index contributed by atoms with van der Waals surface area (Å²) in [5.74, 6) is -0.822. The SMILES string of the molecule is CC.CNC(=O)Nc1cc(Cl)c(C)c(S(=O)(=O)O)c1.CNCC(=O)O. The molecule has 0 spiro atoms. The molecular formula is C14H24ClN3O6S. The number of halogens is 1. The number of hydrogen-bond acceptors (Lipinski definition) is 5. The van der Waals surface area contributed by atoms with Crippen LogP contribution in [-0.4, -0.2) is 50.7 Å². The minimum Gasteiger partial charge on any atom is -0.480 e. The van der Waals surface area contributed by atoms with Crippen LogP contribution in [0.25, 0.3) is 0 Å². The fraction of sp³-hybridized carbons (Fsp3) is 0.429. The summed E-state index contributed by atoms with van der Waals surface area (Å²) in [6, 6.07) is 2.00. The van der Waals surface area contributed by atoms with Crippen LogP contribution < -0.4 is 16.0 Å². The summed E-state index contributed by atoms with van der Waals surface area (Å²) in [5.41, 5.74) is 0.393. The number of carboxylic acid groups (broad SMARTS) is 1. The van der Waals surface area contributed by atoms with Gasteiger partial charge in [-0.15, -0.1) is 0 Å². The Hall–Kier alpha value is -1.88. The molecule has 2 amide bonds. The summed E-state index contributed by atoms with van der Waals surface area (Å²) in [6.45, 7) is 5.50. The van der Waals surface area contributed by atoms with Gasteiger partial charge in [-0.1, -0.05) is 25.4 Å². The molecule has 9 nitrogen and oxygen atoms in total. The summed E-state index contributed by atoms with van der Waals surface area (Å²) >= 11 is 5.80. The van der Waals surface area contributed by atoms with E-state index in [2.05, 4.69) is 16.0 Å². The van der Waals surface area contributed by atoms with Crippen molar-refractivity contribution in [2.75, 3.05) is 26.0 Å². The predicted octanol–water partition coefficient (Wildman–Crippen LogP) is 1.96. The molecule has 1 rings (SSSR count). The van der Waals surface area contributed by atoms with Crippen LogP contribution in [0.15, 0.2) is 17.0 Å². The van der Waals surface area contributed by atoms with Gasteiger partial charge in [-0.25, -0.2) is 4.79 Å². The monoisotopic (exact) mass is 397 g/mol. The number of rotatable bonds is 4. The van der Waals surface area contributed by atoms with Crippen molar-refractivity contribution in [1.82, 2.24) is 10.6 Å². The molecule has 0 fully saturated rings. The molecule has 11 heteroatoms. The van der Waals surface area contributed by atoms with Crippen molar-refractivity contribution in [3.8, 4) is 0 Å². The van der Waals surface area contributed by atoms with Gasteiger partial charge in [0, 0.05) is 17.8 Å². The molecule has 5 N–H and O–H groups in total. The maximum atomic E-state index is 11.1. The highest BCUT2D eigenvalue weighted by Gasteiger charge is 2.17. The molecule has 0 saturated heterocycles. The Morgan fingerprint density at radius 2 is 1.72 bits per heavy atom. The van der Waals surface area contributed by atoms with Crippen LogP contribution in [0.4, 0.5) is 10.5 Å².